The van der Waals surface area contributed by atoms with Crippen LogP contribution in [0.15, 0.2) is 20.8 Å². The van der Waals surface area contributed by atoms with Gasteiger partial charge in [-0.2, -0.15) is 0 Å². The fraction of sp³-hybridized carbons (Fsp3) is 0.500. The highest BCUT2D eigenvalue weighted by molar-refractivity contribution is 9.11. The molecule has 1 aliphatic rings. The maximum atomic E-state index is 11.9. The topological polar surface area (TPSA) is 73.3 Å². The second-order valence-corrected chi connectivity index (χ2v) is 5.17. The van der Waals surface area contributed by atoms with E-state index in [-0.39, 0.29) is 18.1 Å². The zero-order valence-electron chi connectivity index (χ0n) is 10.7. The predicted octanol–water partition coefficient (Wildman–Crippen LogP) is 1.44. The van der Waals surface area contributed by atoms with E-state index in [1.54, 1.807) is 18.2 Å². The van der Waals surface area contributed by atoms with Crippen molar-refractivity contribution in [2.75, 3.05) is 13.0 Å². The lowest BCUT2D eigenvalue weighted by atomic mass is 10.2. The minimum absolute atomic E-state index is 0.175. The molecular formula is C12H14BrClN2O4. The normalized spacial score (nSPS) is 26.4. The summed E-state index contributed by atoms with van der Waals surface area (Å²) < 4.78 is 12.3. The van der Waals surface area contributed by atoms with E-state index in [2.05, 4.69) is 20.9 Å². The summed E-state index contributed by atoms with van der Waals surface area (Å²) in [6.07, 6.45) is 2.56. The molecule has 0 aromatic carbocycles. The van der Waals surface area contributed by atoms with Crippen LogP contribution < -0.4 is 11.2 Å². The minimum Gasteiger partial charge on any atom is -0.379 e. The number of methoxy groups -OCH3 is 1. The molecule has 1 fully saturated rings. The van der Waals surface area contributed by atoms with Crippen LogP contribution in [0.3, 0.4) is 0 Å². The van der Waals surface area contributed by atoms with Gasteiger partial charge in [-0.3, -0.25) is 14.3 Å². The van der Waals surface area contributed by atoms with Crippen LogP contribution in [-0.4, -0.2) is 34.7 Å². The SMILES string of the molecule is CO[C@H]1C[C@H](n2cc(/C=C/Br)c(=O)[nH]c2=O)O[C@@H]1CCl. The van der Waals surface area contributed by atoms with Crippen molar-refractivity contribution < 1.29 is 9.47 Å². The van der Waals surface area contributed by atoms with Crippen molar-refractivity contribution in [2.24, 2.45) is 0 Å². The van der Waals surface area contributed by atoms with Gasteiger partial charge >= 0.3 is 5.69 Å². The quantitative estimate of drug-likeness (QED) is 0.820. The molecule has 1 N–H and O–H groups in total. The van der Waals surface area contributed by atoms with E-state index < -0.39 is 17.5 Å². The van der Waals surface area contributed by atoms with Crippen molar-refractivity contribution in [3.63, 3.8) is 0 Å². The second-order valence-electron chi connectivity index (χ2n) is 4.34. The number of halogens is 2. The van der Waals surface area contributed by atoms with Crippen molar-refractivity contribution in [3.8, 4) is 0 Å². The summed E-state index contributed by atoms with van der Waals surface area (Å²) in [5, 5.41) is 0. The number of hydrogen-bond donors (Lipinski definition) is 1. The molecule has 3 atom stereocenters. The molecule has 1 aromatic heterocycles. The predicted molar refractivity (Wildman–Crippen MR) is 79.3 cm³/mol. The second kappa shape index (κ2) is 6.71. The van der Waals surface area contributed by atoms with Gasteiger partial charge in [-0.1, -0.05) is 15.9 Å². The first-order valence-corrected chi connectivity index (χ1v) is 7.42. The standard InChI is InChI=1S/C12H14BrClN2O4/c1-19-8-4-10(20-9(8)5-14)16-6-7(2-3-13)11(17)15-12(16)18/h2-3,6,8-10H,4-5H2,1H3,(H,15,17,18)/b3-2+/t8-,9+,10+/m0/s1. The molecular weight excluding hydrogens is 351 g/mol. The lowest BCUT2D eigenvalue weighted by Crippen LogP contribution is -2.33. The number of rotatable bonds is 4. The first-order valence-electron chi connectivity index (χ1n) is 5.97. The molecule has 110 valence electrons. The number of alkyl halides is 1. The third kappa shape index (κ3) is 3.06. The average Bonchev–Trinajstić information content (AvgIpc) is 2.85. The molecule has 8 heteroatoms. The summed E-state index contributed by atoms with van der Waals surface area (Å²) in [6, 6.07) is 0. The zero-order valence-corrected chi connectivity index (χ0v) is 13.1. The molecule has 0 aliphatic carbocycles. The van der Waals surface area contributed by atoms with Crippen molar-refractivity contribution >= 4 is 33.6 Å². The van der Waals surface area contributed by atoms with Crippen molar-refractivity contribution in [1.29, 1.82) is 0 Å². The van der Waals surface area contributed by atoms with Crippen LogP contribution in [0, 0.1) is 0 Å². The molecule has 6 nitrogen and oxygen atoms in total. The molecule has 2 heterocycles. The Balaban J connectivity index is 2.36. The van der Waals surface area contributed by atoms with Crippen LogP contribution >= 0.6 is 27.5 Å². The molecule has 0 amide bonds. The molecule has 0 unspecified atom stereocenters. The Morgan fingerprint density at radius 3 is 2.95 bits per heavy atom. The Labute approximate surface area is 128 Å². The Hall–Kier alpha value is -0.890. The Kier molecular flexibility index (Phi) is 5.20. The van der Waals surface area contributed by atoms with Crippen LogP contribution in [0.25, 0.3) is 6.08 Å². The van der Waals surface area contributed by atoms with Crippen molar-refractivity contribution in [3.05, 3.63) is 37.6 Å². The molecule has 2 rings (SSSR count). The van der Waals surface area contributed by atoms with Gasteiger partial charge in [-0.05, 0) is 11.1 Å². The average molecular weight is 366 g/mol. The Morgan fingerprint density at radius 2 is 2.40 bits per heavy atom. The molecule has 0 radical (unpaired) electrons. The molecule has 20 heavy (non-hydrogen) atoms. The van der Waals surface area contributed by atoms with Gasteiger partial charge in [0.25, 0.3) is 5.56 Å². The highest BCUT2D eigenvalue weighted by Gasteiger charge is 2.36. The minimum atomic E-state index is -0.517. The number of aromatic nitrogens is 2. The lowest BCUT2D eigenvalue weighted by molar-refractivity contribution is -0.0167. The first kappa shape index (κ1) is 15.5. The van der Waals surface area contributed by atoms with Gasteiger partial charge in [-0.25, -0.2) is 4.79 Å². The van der Waals surface area contributed by atoms with E-state index in [1.807, 2.05) is 0 Å². The summed E-state index contributed by atoms with van der Waals surface area (Å²) >= 11 is 8.91. The number of nitrogens with one attached hydrogen (secondary N) is 1. The molecule has 0 saturated carbocycles. The fourth-order valence-electron chi connectivity index (χ4n) is 2.16. The third-order valence-corrected chi connectivity index (χ3v) is 3.75. The molecule has 1 aromatic rings. The van der Waals surface area contributed by atoms with Gasteiger partial charge in [0.05, 0.1) is 23.7 Å². The van der Waals surface area contributed by atoms with Gasteiger partial charge in [0.2, 0.25) is 0 Å². The van der Waals surface area contributed by atoms with E-state index in [9.17, 15) is 9.59 Å². The van der Waals surface area contributed by atoms with Gasteiger partial charge in [0.1, 0.15) is 6.23 Å². The molecule has 1 saturated heterocycles. The number of aromatic amines is 1. The van der Waals surface area contributed by atoms with Gasteiger partial charge < -0.3 is 9.47 Å². The van der Waals surface area contributed by atoms with Crippen LogP contribution in [-0.2, 0) is 9.47 Å². The van der Waals surface area contributed by atoms with Crippen LogP contribution in [0.2, 0.25) is 0 Å². The highest BCUT2D eigenvalue weighted by Crippen LogP contribution is 2.30. The zero-order chi connectivity index (χ0) is 14.7. The summed E-state index contributed by atoms with van der Waals surface area (Å²) in [5.74, 6) is 0.279. The van der Waals surface area contributed by atoms with E-state index in [1.165, 1.54) is 10.8 Å². The van der Waals surface area contributed by atoms with E-state index in [4.69, 9.17) is 21.1 Å². The maximum absolute atomic E-state index is 11.9. The van der Waals surface area contributed by atoms with E-state index in [0.717, 1.165) is 0 Å². The summed E-state index contributed by atoms with van der Waals surface area (Å²) in [4.78, 5) is 27.3. The first-order chi connectivity index (χ1) is 9.60. The fourth-order valence-corrected chi connectivity index (χ4v) is 2.72. The number of hydrogen-bond acceptors (Lipinski definition) is 4. The van der Waals surface area contributed by atoms with Crippen LogP contribution in [0.4, 0.5) is 0 Å². The monoisotopic (exact) mass is 364 g/mol. The lowest BCUT2D eigenvalue weighted by Gasteiger charge is -2.14. The van der Waals surface area contributed by atoms with Crippen LogP contribution in [0.5, 0.6) is 0 Å². The van der Waals surface area contributed by atoms with Gasteiger partial charge in [0, 0.05) is 19.7 Å². The number of nitrogens with zero attached hydrogens (tertiary/aromatic N) is 1. The number of H-pyrrole nitrogens is 1. The van der Waals surface area contributed by atoms with Crippen LogP contribution in [0.1, 0.15) is 18.2 Å². The summed E-state index contributed by atoms with van der Waals surface area (Å²) in [5.41, 5.74) is -0.609. The van der Waals surface area contributed by atoms with Gasteiger partial charge in [-0.15, -0.1) is 11.6 Å². The Bertz CT molecular complexity index is 600. The molecule has 0 bridgehead atoms. The highest BCUT2D eigenvalue weighted by atomic mass is 79.9. The smallest absolute Gasteiger partial charge is 0.330 e. The Morgan fingerprint density at radius 1 is 1.65 bits per heavy atom. The number of ether oxygens (including phenoxy) is 2. The van der Waals surface area contributed by atoms with E-state index >= 15 is 0 Å². The molecule has 0 spiro atoms. The summed E-state index contributed by atoms with van der Waals surface area (Å²) in [6.45, 7) is 0. The van der Waals surface area contributed by atoms with Gasteiger partial charge in [0.15, 0.2) is 0 Å². The maximum Gasteiger partial charge on any atom is 0.330 e. The largest absolute Gasteiger partial charge is 0.379 e. The molecule has 1 aliphatic heterocycles. The van der Waals surface area contributed by atoms with Crippen molar-refractivity contribution in [1.82, 2.24) is 9.55 Å². The third-order valence-electron chi connectivity index (χ3n) is 3.18. The summed E-state index contributed by atoms with van der Waals surface area (Å²) in [7, 11) is 1.57. The van der Waals surface area contributed by atoms with Crippen molar-refractivity contribution in [2.45, 2.75) is 24.9 Å². The van der Waals surface area contributed by atoms with E-state index in [0.29, 0.717) is 12.0 Å².